The van der Waals surface area contributed by atoms with Crippen molar-refractivity contribution >= 4 is 28.4 Å². The lowest BCUT2D eigenvalue weighted by Crippen LogP contribution is -2.50. The highest BCUT2D eigenvalue weighted by Crippen LogP contribution is 2.42. The van der Waals surface area contributed by atoms with Crippen LogP contribution < -0.4 is 10.6 Å². The average Bonchev–Trinajstić information content (AvgIpc) is 3.45. The van der Waals surface area contributed by atoms with Gasteiger partial charge in [-0.2, -0.15) is 9.61 Å². The number of methoxy groups -OCH3 is 1. The summed E-state index contributed by atoms with van der Waals surface area (Å²) < 4.78 is 9.21. The van der Waals surface area contributed by atoms with Crippen LogP contribution in [0.5, 0.6) is 0 Å². The Morgan fingerprint density at radius 3 is 2.86 bits per heavy atom. The summed E-state index contributed by atoms with van der Waals surface area (Å²) in [6.07, 6.45) is 8.57. The topological polar surface area (TPSA) is 119 Å². The molecule has 35 heavy (non-hydrogen) atoms. The predicted octanol–water partition coefficient (Wildman–Crippen LogP) is 2.64. The van der Waals surface area contributed by atoms with Crippen molar-refractivity contribution in [2.24, 2.45) is 5.92 Å². The van der Waals surface area contributed by atoms with Crippen molar-refractivity contribution in [3.63, 3.8) is 0 Å². The zero-order valence-corrected chi connectivity index (χ0v) is 19.8. The number of carbonyl (C=O) groups excluding carboxylic acids is 1. The number of fused-ring (bicyclic) bond motifs is 2. The van der Waals surface area contributed by atoms with Crippen LogP contribution in [-0.2, 0) is 4.74 Å². The van der Waals surface area contributed by atoms with Gasteiger partial charge in [0, 0.05) is 56.2 Å². The highest BCUT2D eigenvalue weighted by Gasteiger charge is 2.33. The van der Waals surface area contributed by atoms with Crippen LogP contribution in [-0.4, -0.2) is 68.1 Å². The minimum atomic E-state index is -0.495. The number of aliphatic hydroxyl groups excluding tert-OH is 1. The quantitative estimate of drug-likeness (QED) is 0.376. The van der Waals surface area contributed by atoms with Gasteiger partial charge in [0.15, 0.2) is 5.65 Å². The van der Waals surface area contributed by atoms with Crippen LogP contribution in [0.25, 0.3) is 27.9 Å². The highest BCUT2D eigenvalue weighted by molar-refractivity contribution is 6.01. The molecule has 10 nitrogen and oxygen atoms in total. The lowest BCUT2D eigenvalue weighted by atomic mass is 9.80. The molecule has 2 aliphatic rings. The zero-order valence-electron chi connectivity index (χ0n) is 19.8. The second-order valence-electron chi connectivity index (χ2n) is 9.57. The predicted molar refractivity (Wildman–Crippen MR) is 131 cm³/mol. The standard InChI is InChI=1S/C25H29N7O3/c1-26-22-10-20(29-24-17(11-28-32(22)24)25(34)30-19-5-6-21(19)33)18-12-31(15-8-14(9-15)13-35-2)23-16(18)4-3-7-27-23/h3-4,7,10-12,14-15,19,21,26,33H,5-6,8-9,13H2,1-2H3,(H,30,34)/t14?,15?,19?,21-/m0/s1. The number of nitrogens with zero attached hydrogens (tertiary/aromatic N) is 5. The third-order valence-electron chi connectivity index (χ3n) is 7.40. The number of pyridine rings is 1. The molecule has 0 radical (unpaired) electrons. The van der Waals surface area contributed by atoms with Crippen LogP contribution in [0.1, 0.15) is 42.1 Å². The number of hydrogen-bond acceptors (Lipinski definition) is 7. The smallest absolute Gasteiger partial charge is 0.257 e. The molecule has 4 heterocycles. The fourth-order valence-electron chi connectivity index (χ4n) is 5.20. The van der Waals surface area contributed by atoms with E-state index in [1.54, 1.807) is 11.6 Å². The van der Waals surface area contributed by atoms with Gasteiger partial charge in [-0.15, -0.1) is 0 Å². The summed E-state index contributed by atoms with van der Waals surface area (Å²) in [6.45, 7) is 0.781. The number of aromatic nitrogens is 5. The number of aliphatic hydroxyl groups is 1. The first kappa shape index (κ1) is 22.0. The molecular formula is C25H29N7O3. The van der Waals surface area contributed by atoms with Crippen molar-refractivity contribution in [1.29, 1.82) is 0 Å². The molecule has 4 aromatic heterocycles. The molecule has 0 bridgehead atoms. The van der Waals surface area contributed by atoms with Gasteiger partial charge in [0.25, 0.3) is 5.91 Å². The van der Waals surface area contributed by atoms with Gasteiger partial charge in [-0.3, -0.25) is 4.79 Å². The van der Waals surface area contributed by atoms with Gasteiger partial charge >= 0.3 is 0 Å². The van der Waals surface area contributed by atoms with Crippen molar-refractivity contribution in [2.45, 2.75) is 43.9 Å². The van der Waals surface area contributed by atoms with E-state index in [0.717, 1.165) is 54.0 Å². The summed E-state index contributed by atoms with van der Waals surface area (Å²) in [4.78, 5) is 22.6. The van der Waals surface area contributed by atoms with Crippen LogP contribution in [0, 0.1) is 5.92 Å². The van der Waals surface area contributed by atoms with E-state index in [2.05, 4.69) is 37.5 Å². The van der Waals surface area contributed by atoms with Gasteiger partial charge in [-0.1, -0.05) is 0 Å². The lowest BCUT2D eigenvalue weighted by molar-refractivity contribution is 0.0448. The van der Waals surface area contributed by atoms with E-state index in [1.807, 2.05) is 25.4 Å². The van der Waals surface area contributed by atoms with Gasteiger partial charge in [-0.05, 0) is 43.7 Å². The molecule has 0 aliphatic heterocycles. The van der Waals surface area contributed by atoms with Crippen LogP contribution in [0.3, 0.4) is 0 Å². The van der Waals surface area contributed by atoms with Crippen molar-refractivity contribution < 1.29 is 14.6 Å². The van der Waals surface area contributed by atoms with E-state index < -0.39 is 6.10 Å². The lowest BCUT2D eigenvalue weighted by Gasteiger charge is -2.36. The third kappa shape index (κ3) is 3.64. The molecular weight excluding hydrogens is 446 g/mol. The maximum atomic E-state index is 13.0. The number of rotatable bonds is 7. The number of carbonyl (C=O) groups is 1. The van der Waals surface area contributed by atoms with Gasteiger partial charge in [-0.25, -0.2) is 9.97 Å². The number of hydrogen-bond donors (Lipinski definition) is 3. The summed E-state index contributed by atoms with van der Waals surface area (Å²) in [6, 6.07) is 6.09. The van der Waals surface area contributed by atoms with E-state index in [9.17, 15) is 9.90 Å². The maximum absolute atomic E-state index is 13.0. The van der Waals surface area contributed by atoms with Gasteiger partial charge in [0.05, 0.1) is 24.0 Å². The summed E-state index contributed by atoms with van der Waals surface area (Å²) in [5.74, 6) is 1.02. The number of amides is 1. The van der Waals surface area contributed by atoms with E-state index >= 15 is 0 Å². The SMILES string of the molecule is CNc1cc(-c2cn(C3CC(COC)C3)c3ncccc23)nc2c(C(=O)NC3CC[C@@H]3O)cnn12. The fourth-order valence-corrected chi connectivity index (χ4v) is 5.20. The number of anilines is 1. The Morgan fingerprint density at radius 2 is 2.14 bits per heavy atom. The molecule has 2 aliphatic carbocycles. The first-order valence-electron chi connectivity index (χ1n) is 12.1. The van der Waals surface area contributed by atoms with E-state index in [1.165, 1.54) is 6.20 Å². The average molecular weight is 476 g/mol. The zero-order chi connectivity index (χ0) is 24.1. The van der Waals surface area contributed by atoms with E-state index in [-0.39, 0.29) is 11.9 Å². The Bertz CT molecular complexity index is 1410. The summed E-state index contributed by atoms with van der Waals surface area (Å²) >= 11 is 0. The van der Waals surface area contributed by atoms with Crippen LogP contribution in [0.2, 0.25) is 0 Å². The normalized spacial score (nSPS) is 23.7. The van der Waals surface area contributed by atoms with Gasteiger partial charge in [0.2, 0.25) is 0 Å². The summed E-state index contributed by atoms with van der Waals surface area (Å²) in [7, 11) is 3.57. The Labute approximate surface area is 202 Å². The molecule has 10 heteroatoms. The fraction of sp³-hybridized carbons (Fsp3) is 0.440. The molecule has 0 aromatic carbocycles. The minimum absolute atomic E-state index is 0.224. The highest BCUT2D eigenvalue weighted by atomic mass is 16.5. The van der Waals surface area contributed by atoms with Crippen LogP contribution >= 0.6 is 0 Å². The molecule has 3 N–H and O–H groups in total. The Hall–Kier alpha value is -3.50. The second-order valence-corrected chi connectivity index (χ2v) is 9.57. The largest absolute Gasteiger partial charge is 0.391 e. The van der Waals surface area contributed by atoms with Crippen molar-refractivity contribution in [3.05, 3.63) is 42.4 Å². The van der Waals surface area contributed by atoms with Crippen molar-refractivity contribution in [3.8, 4) is 11.3 Å². The summed E-state index contributed by atoms with van der Waals surface area (Å²) in [5, 5.41) is 21.4. The molecule has 2 saturated carbocycles. The number of nitrogens with one attached hydrogen (secondary N) is 2. The molecule has 0 spiro atoms. The monoisotopic (exact) mass is 475 g/mol. The molecule has 6 rings (SSSR count). The summed E-state index contributed by atoms with van der Waals surface area (Å²) in [5.41, 5.74) is 3.48. The van der Waals surface area contributed by atoms with Crippen LogP contribution in [0.15, 0.2) is 36.8 Å². The molecule has 0 saturated heterocycles. The Kier molecular flexibility index (Phi) is 5.42. The first-order valence-corrected chi connectivity index (χ1v) is 12.1. The van der Waals surface area contributed by atoms with E-state index in [0.29, 0.717) is 29.6 Å². The molecule has 182 valence electrons. The maximum Gasteiger partial charge on any atom is 0.257 e. The van der Waals surface area contributed by atoms with Crippen molar-refractivity contribution in [2.75, 3.05) is 26.1 Å². The molecule has 2 fully saturated rings. The first-order chi connectivity index (χ1) is 17.1. The number of ether oxygens (including phenoxy) is 1. The van der Waals surface area contributed by atoms with Crippen molar-refractivity contribution in [1.82, 2.24) is 29.5 Å². The molecule has 1 unspecified atom stereocenters. The Balaban J connectivity index is 1.42. The Morgan fingerprint density at radius 1 is 1.29 bits per heavy atom. The van der Waals surface area contributed by atoms with Crippen LogP contribution in [0.4, 0.5) is 5.82 Å². The van der Waals surface area contributed by atoms with Gasteiger partial charge < -0.3 is 25.0 Å². The second kappa shape index (κ2) is 8.62. The third-order valence-corrected chi connectivity index (χ3v) is 7.40. The minimum Gasteiger partial charge on any atom is -0.391 e. The molecule has 1 amide bonds. The molecule has 2 atom stereocenters. The molecule has 4 aromatic rings. The van der Waals surface area contributed by atoms with E-state index in [4.69, 9.17) is 9.72 Å². The van der Waals surface area contributed by atoms with Gasteiger partial charge in [0.1, 0.15) is 17.0 Å².